The number of Topliss-reactive ketones (excluding diaryl/α,β-unsaturated/α-hetero) is 1. The van der Waals surface area contributed by atoms with E-state index in [-0.39, 0.29) is 6.42 Å². The van der Waals surface area contributed by atoms with Crippen molar-refractivity contribution in [3.63, 3.8) is 0 Å². The molecule has 1 heterocycles. The minimum atomic E-state index is -1.63. The van der Waals surface area contributed by atoms with E-state index in [0.717, 1.165) is 22.3 Å². The van der Waals surface area contributed by atoms with Gasteiger partial charge in [-0.3, -0.25) is 4.79 Å². The Morgan fingerprint density at radius 1 is 1.05 bits per heavy atom. The molecule has 21 heavy (non-hydrogen) atoms. The van der Waals surface area contributed by atoms with E-state index in [9.17, 15) is 18.0 Å². The van der Waals surface area contributed by atoms with Crippen molar-refractivity contribution in [2.75, 3.05) is 0 Å². The van der Waals surface area contributed by atoms with Gasteiger partial charge in [0.2, 0.25) is 0 Å². The highest BCUT2D eigenvalue weighted by molar-refractivity contribution is 7.18. The maximum Gasteiger partial charge on any atom is 0.195 e. The molecule has 3 aromatic rings. The second-order valence-electron chi connectivity index (χ2n) is 4.40. The molecule has 0 fully saturated rings. The zero-order chi connectivity index (χ0) is 15.0. The molecule has 0 saturated heterocycles. The van der Waals surface area contributed by atoms with Crippen LogP contribution in [0.5, 0.6) is 0 Å². The largest absolute Gasteiger partial charge is 0.294 e. The van der Waals surface area contributed by atoms with Gasteiger partial charge in [-0.1, -0.05) is 12.1 Å². The number of hydrogen-bond donors (Lipinski definition) is 0. The summed E-state index contributed by atoms with van der Waals surface area (Å²) in [7, 11) is 0. The zero-order valence-electron chi connectivity index (χ0n) is 10.6. The number of para-hydroxylation sites is 1. The normalized spacial score (nSPS) is 11.0. The summed E-state index contributed by atoms with van der Waals surface area (Å²) in [4.78, 5) is 16.3. The number of thiazole rings is 1. The summed E-state index contributed by atoms with van der Waals surface area (Å²) in [6.45, 7) is 0. The van der Waals surface area contributed by atoms with Crippen LogP contribution in [0.3, 0.4) is 0 Å². The Labute approximate surface area is 121 Å². The first-order chi connectivity index (χ1) is 10.1. The summed E-state index contributed by atoms with van der Waals surface area (Å²) >= 11 is 1.31. The van der Waals surface area contributed by atoms with Gasteiger partial charge in [-0.25, -0.2) is 18.2 Å². The monoisotopic (exact) mass is 307 g/mol. The fourth-order valence-corrected chi connectivity index (χ4v) is 2.94. The third kappa shape index (κ3) is 2.54. The van der Waals surface area contributed by atoms with Gasteiger partial charge in [0.1, 0.15) is 5.01 Å². The van der Waals surface area contributed by atoms with Crippen LogP contribution in [-0.4, -0.2) is 10.8 Å². The van der Waals surface area contributed by atoms with Crippen LogP contribution in [0.15, 0.2) is 36.4 Å². The Kier molecular flexibility index (Phi) is 3.47. The molecular weight excluding hydrogens is 299 g/mol. The highest BCUT2D eigenvalue weighted by Crippen LogP contribution is 2.23. The van der Waals surface area contributed by atoms with Gasteiger partial charge in [-0.05, 0) is 24.3 Å². The van der Waals surface area contributed by atoms with Gasteiger partial charge in [-0.2, -0.15) is 0 Å². The van der Waals surface area contributed by atoms with Gasteiger partial charge in [-0.15, -0.1) is 11.3 Å². The molecule has 0 radical (unpaired) electrons. The molecule has 0 N–H and O–H groups in total. The average Bonchev–Trinajstić information content (AvgIpc) is 2.86. The minimum absolute atomic E-state index is 0.151. The first-order valence-corrected chi connectivity index (χ1v) is 6.89. The Balaban J connectivity index is 1.91. The highest BCUT2D eigenvalue weighted by Gasteiger charge is 2.20. The van der Waals surface area contributed by atoms with Crippen molar-refractivity contribution in [1.82, 2.24) is 4.98 Å². The van der Waals surface area contributed by atoms with Crippen molar-refractivity contribution in [3.8, 4) is 0 Å². The average molecular weight is 307 g/mol. The maximum atomic E-state index is 13.6. The number of fused-ring (bicyclic) bond motifs is 1. The number of rotatable bonds is 3. The van der Waals surface area contributed by atoms with Crippen molar-refractivity contribution >= 4 is 27.3 Å². The van der Waals surface area contributed by atoms with E-state index < -0.39 is 28.8 Å². The first-order valence-electron chi connectivity index (χ1n) is 6.07. The summed E-state index contributed by atoms with van der Waals surface area (Å²) in [5.74, 6) is -5.04. The predicted octanol–water partition coefficient (Wildman–Crippen LogP) is 4.14. The van der Waals surface area contributed by atoms with Crippen LogP contribution in [0, 0.1) is 17.5 Å². The maximum absolute atomic E-state index is 13.6. The van der Waals surface area contributed by atoms with E-state index in [1.807, 2.05) is 18.2 Å². The standard InChI is InChI=1S/C15H8F3NOS/c16-9-6-5-8(14(17)15(9)18)11(20)7-13-19-10-3-1-2-4-12(10)21-13/h1-6H,7H2. The summed E-state index contributed by atoms with van der Waals surface area (Å²) in [6, 6.07) is 9.02. The lowest BCUT2D eigenvalue weighted by Gasteiger charge is -2.02. The lowest BCUT2D eigenvalue weighted by Crippen LogP contribution is -2.08. The van der Waals surface area contributed by atoms with Crippen molar-refractivity contribution in [2.24, 2.45) is 0 Å². The summed E-state index contributed by atoms with van der Waals surface area (Å²) in [6.07, 6.45) is -0.151. The molecule has 2 nitrogen and oxygen atoms in total. The molecule has 0 aliphatic carbocycles. The van der Waals surface area contributed by atoms with Crippen LogP contribution in [0.1, 0.15) is 15.4 Å². The van der Waals surface area contributed by atoms with Gasteiger partial charge in [0.05, 0.1) is 22.2 Å². The van der Waals surface area contributed by atoms with Crippen LogP contribution >= 0.6 is 11.3 Å². The van der Waals surface area contributed by atoms with E-state index in [4.69, 9.17) is 0 Å². The number of hydrogen-bond acceptors (Lipinski definition) is 3. The molecule has 0 spiro atoms. The molecule has 0 aliphatic heterocycles. The van der Waals surface area contributed by atoms with Crippen LogP contribution < -0.4 is 0 Å². The van der Waals surface area contributed by atoms with Crippen LogP contribution in [0.4, 0.5) is 13.2 Å². The molecule has 0 atom stereocenters. The lowest BCUT2D eigenvalue weighted by molar-refractivity contribution is 0.0988. The van der Waals surface area contributed by atoms with Crippen molar-refractivity contribution in [3.05, 3.63) is 64.4 Å². The van der Waals surface area contributed by atoms with Crippen LogP contribution in [0.2, 0.25) is 0 Å². The van der Waals surface area contributed by atoms with E-state index in [1.165, 1.54) is 11.3 Å². The second-order valence-corrected chi connectivity index (χ2v) is 5.51. The van der Waals surface area contributed by atoms with Crippen molar-refractivity contribution in [1.29, 1.82) is 0 Å². The van der Waals surface area contributed by atoms with Gasteiger partial charge >= 0.3 is 0 Å². The second kappa shape index (κ2) is 5.29. The highest BCUT2D eigenvalue weighted by atomic mass is 32.1. The van der Waals surface area contributed by atoms with Gasteiger partial charge in [0.15, 0.2) is 23.2 Å². The van der Waals surface area contributed by atoms with Gasteiger partial charge in [0, 0.05) is 0 Å². The van der Waals surface area contributed by atoms with Crippen molar-refractivity contribution in [2.45, 2.75) is 6.42 Å². The summed E-state index contributed by atoms with van der Waals surface area (Å²) in [5, 5.41) is 0.505. The number of carbonyl (C=O) groups is 1. The van der Waals surface area contributed by atoms with Crippen molar-refractivity contribution < 1.29 is 18.0 Å². The third-order valence-corrected chi connectivity index (χ3v) is 4.02. The Bertz CT molecular complexity index is 811. The smallest absolute Gasteiger partial charge is 0.195 e. The number of nitrogens with zero attached hydrogens (tertiary/aromatic N) is 1. The Morgan fingerprint density at radius 2 is 1.81 bits per heavy atom. The fraction of sp³-hybridized carbons (Fsp3) is 0.0667. The molecule has 0 amide bonds. The predicted molar refractivity (Wildman–Crippen MR) is 74.0 cm³/mol. The molecule has 106 valence electrons. The van der Waals surface area contributed by atoms with Gasteiger partial charge < -0.3 is 0 Å². The summed E-state index contributed by atoms with van der Waals surface area (Å²) in [5.41, 5.74) is 0.282. The third-order valence-electron chi connectivity index (χ3n) is 2.99. The zero-order valence-corrected chi connectivity index (χ0v) is 11.4. The number of aromatic nitrogens is 1. The molecule has 1 aromatic heterocycles. The molecule has 0 aliphatic rings. The lowest BCUT2D eigenvalue weighted by atomic mass is 10.1. The molecule has 0 saturated carbocycles. The molecule has 2 aromatic carbocycles. The number of carbonyl (C=O) groups excluding carboxylic acids is 1. The SMILES string of the molecule is O=C(Cc1nc2ccccc2s1)c1ccc(F)c(F)c1F. The molecule has 0 bridgehead atoms. The molecular formula is C15H8F3NOS. The van der Waals surface area contributed by atoms with Crippen LogP contribution in [-0.2, 0) is 6.42 Å². The Morgan fingerprint density at radius 3 is 2.57 bits per heavy atom. The molecule has 3 rings (SSSR count). The quantitative estimate of drug-likeness (QED) is 0.538. The summed E-state index contributed by atoms with van der Waals surface area (Å²) < 4.78 is 40.5. The fourth-order valence-electron chi connectivity index (χ4n) is 1.97. The molecule has 0 unspecified atom stereocenters. The number of ketones is 1. The molecule has 6 heteroatoms. The number of benzene rings is 2. The van der Waals surface area contributed by atoms with E-state index in [1.54, 1.807) is 6.07 Å². The Hall–Kier alpha value is -2.21. The topological polar surface area (TPSA) is 30.0 Å². The van der Waals surface area contributed by atoms with E-state index >= 15 is 0 Å². The van der Waals surface area contributed by atoms with Gasteiger partial charge in [0.25, 0.3) is 0 Å². The number of halogens is 3. The first kappa shape index (κ1) is 13.8. The van der Waals surface area contributed by atoms with E-state index in [2.05, 4.69) is 4.98 Å². The van der Waals surface area contributed by atoms with E-state index in [0.29, 0.717) is 5.01 Å². The minimum Gasteiger partial charge on any atom is -0.294 e. The van der Waals surface area contributed by atoms with Crippen LogP contribution in [0.25, 0.3) is 10.2 Å².